The molecule has 23 heavy (non-hydrogen) atoms. The molecule has 0 radical (unpaired) electrons. The van der Waals surface area contributed by atoms with Crippen LogP contribution in [0.3, 0.4) is 0 Å². The molecule has 0 aromatic heterocycles. The molecular weight excluding hydrogens is 443 g/mol. The van der Waals surface area contributed by atoms with E-state index in [1.807, 2.05) is 13.8 Å². The van der Waals surface area contributed by atoms with Gasteiger partial charge in [-0.3, -0.25) is 0 Å². The Balaban J connectivity index is 0.000000277. The zero-order valence-electron chi connectivity index (χ0n) is 14.4. The molecule has 0 fully saturated rings. The molecule has 0 N–H and O–H groups in total. The molecular formula is C22H25Hf. The van der Waals surface area contributed by atoms with Crippen molar-refractivity contribution in [2.75, 3.05) is 0 Å². The van der Waals surface area contributed by atoms with E-state index in [1.54, 1.807) is 11.1 Å². The number of benzene rings is 2. The first-order valence-electron chi connectivity index (χ1n) is 8.11. The number of rotatable bonds is 2. The summed E-state index contributed by atoms with van der Waals surface area (Å²) in [6.45, 7) is 13.6. The second kappa shape index (κ2) is 8.06. The first-order valence-corrected chi connectivity index (χ1v) is 10.2. The molecule has 0 amide bonds. The Hall–Kier alpha value is -1.21. The van der Waals surface area contributed by atoms with Crippen molar-refractivity contribution in [1.82, 2.24) is 0 Å². The van der Waals surface area contributed by atoms with Gasteiger partial charge in [0.2, 0.25) is 0 Å². The summed E-state index contributed by atoms with van der Waals surface area (Å²) in [5.74, 6) is 0.835. The van der Waals surface area contributed by atoms with Crippen molar-refractivity contribution in [2.24, 2.45) is 5.92 Å². The van der Waals surface area contributed by atoms with Gasteiger partial charge in [-0.15, -0.1) is 0 Å². The van der Waals surface area contributed by atoms with Crippen LogP contribution in [-0.2, 0) is 30.8 Å². The van der Waals surface area contributed by atoms with Gasteiger partial charge in [0, 0.05) is 0 Å². The Bertz CT molecular complexity index is 685. The number of hydrogen-bond donors (Lipinski definition) is 0. The van der Waals surface area contributed by atoms with Crippen molar-refractivity contribution < 1.29 is 24.4 Å². The minimum atomic E-state index is 0.835. The molecule has 3 rings (SSSR count). The van der Waals surface area contributed by atoms with Crippen LogP contribution in [0.1, 0.15) is 35.6 Å². The van der Waals surface area contributed by atoms with Crippen molar-refractivity contribution in [2.45, 2.75) is 30.9 Å². The van der Waals surface area contributed by atoms with E-state index < -0.39 is 0 Å². The Labute approximate surface area is 155 Å². The van der Waals surface area contributed by atoms with E-state index in [9.17, 15) is 0 Å². The van der Waals surface area contributed by atoms with Crippen LogP contribution in [0, 0.1) is 5.92 Å². The zero-order chi connectivity index (χ0) is 17.0. The Morgan fingerprint density at radius 3 is 2.13 bits per heavy atom. The molecule has 0 nitrogen and oxygen atoms in total. The monoisotopic (exact) mass is 469 g/mol. The number of hydrogen-bond acceptors (Lipinski definition) is 0. The van der Waals surface area contributed by atoms with E-state index >= 15 is 0 Å². The molecule has 2 atom stereocenters. The summed E-state index contributed by atoms with van der Waals surface area (Å²) in [6.07, 6.45) is 1.26. The molecule has 1 aliphatic carbocycles. The van der Waals surface area contributed by atoms with Gasteiger partial charge in [-0.25, -0.2) is 0 Å². The van der Waals surface area contributed by atoms with Crippen LogP contribution < -0.4 is 0 Å². The van der Waals surface area contributed by atoms with E-state index in [1.165, 1.54) is 41.9 Å². The SMILES string of the molecule is C=C(C)C(=C)C.CC1Cc2c(-c3ccccc3)cccc2[CH]1[Hf]. The minimum absolute atomic E-state index is 0.835. The summed E-state index contributed by atoms with van der Waals surface area (Å²) in [5.41, 5.74) is 8.17. The third kappa shape index (κ3) is 4.41. The fraction of sp³-hybridized carbons (Fsp3) is 0.273. The molecule has 0 saturated carbocycles. The predicted octanol–water partition coefficient (Wildman–Crippen LogP) is 6.27. The van der Waals surface area contributed by atoms with Gasteiger partial charge in [-0.1, -0.05) is 24.3 Å². The van der Waals surface area contributed by atoms with Gasteiger partial charge < -0.3 is 0 Å². The van der Waals surface area contributed by atoms with Gasteiger partial charge in [0.1, 0.15) is 0 Å². The van der Waals surface area contributed by atoms with Crippen LogP contribution in [-0.4, -0.2) is 0 Å². The molecule has 0 spiro atoms. The number of fused-ring (bicyclic) bond motifs is 1. The molecule has 1 aliphatic rings. The average Bonchev–Trinajstić information content (AvgIpc) is 2.84. The van der Waals surface area contributed by atoms with Gasteiger partial charge in [0.25, 0.3) is 0 Å². The molecule has 0 heterocycles. The van der Waals surface area contributed by atoms with Gasteiger partial charge in [-0.2, -0.15) is 0 Å². The van der Waals surface area contributed by atoms with Gasteiger partial charge >= 0.3 is 118 Å². The summed E-state index contributed by atoms with van der Waals surface area (Å²) >= 11 is 1.27. The van der Waals surface area contributed by atoms with E-state index in [2.05, 4.69) is 68.6 Å². The molecule has 0 aliphatic heterocycles. The predicted molar refractivity (Wildman–Crippen MR) is 97.1 cm³/mol. The van der Waals surface area contributed by atoms with E-state index in [4.69, 9.17) is 0 Å². The quantitative estimate of drug-likeness (QED) is 0.360. The van der Waals surface area contributed by atoms with E-state index in [0.29, 0.717) is 0 Å². The fourth-order valence-electron chi connectivity index (χ4n) is 2.76. The summed E-state index contributed by atoms with van der Waals surface area (Å²) in [6, 6.07) is 17.6. The van der Waals surface area contributed by atoms with Crippen molar-refractivity contribution in [1.29, 1.82) is 0 Å². The van der Waals surface area contributed by atoms with Gasteiger partial charge in [0.15, 0.2) is 0 Å². The van der Waals surface area contributed by atoms with Crippen molar-refractivity contribution >= 4 is 0 Å². The van der Waals surface area contributed by atoms with Gasteiger partial charge in [-0.05, 0) is 13.8 Å². The Morgan fingerprint density at radius 1 is 0.957 bits per heavy atom. The van der Waals surface area contributed by atoms with Crippen LogP contribution >= 0.6 is 0 Å². The number of allylic oxidation sites excluding steroid dienone is 2. The second-order valence-corrected chi connectivity index (χ2v) is 8.69. The molecule has 2 unspecified atom stereocenters. The summed E-state index contributed by atoms with van der Waals surface area (Å²) in [7, 11) is 0. The molecule has 2 aromatic carbocycles. The van der Waals surface area contributed by atoms with Gasteiger partial charge in [0.05, 0.1) is 0 Å². The summed E-state index contributed by atoms with van der Waals surface area (Å²) in [4.78, 5) is 0. The third-order valence-electron chi connectivity index (χ3n) is 4.46. The Kier molecular flexibility index (Phi) is 6.35. The second-order valence-electron chi connectivity index (χ2n) is 6.46. The normalized spacial score (nSPS) is 18.5. The molecule has 117 valence electrons. The Morgan fingerprint density at radius 2 is 1.57 bits per heavy atom. The van der Waals surface area contributed by atoms with Crippen molar-refractivity contribution in [3.63, 3.8) is 0 Å². The van der Waals surface area contributed by atoms with E-state index in [-0.39, 0.29) is 0 Å². The first-order chi connectivity index (χ1) is 10.9. The summed E-state index contributed by atoms with van der Waals surface area (Å²) in [5, 5.41) is 0. The standard InChI is InChI=1S/C16H15.C6H10.Hf/c1-12-10-14-8-5-9-15(16(14)11-12)13-6-3-2-4-7-13;1-5(2)6(3)4;/h2-10,12H,11H2,1H3;1,3H2,2,4H3;. The third-order valence-corrected chi connectivity index (χ3v) is 7.62. The van der Waals surface area contributed by atoms with Crippen LogP contribution in [0.2, 0.25) is 0 Å². The molecule has 0 saturated heterocycles. The van der Waals surface area contributed by atoms with Crippen molar-refractivity contribution in [3.8, 4) is 11.1 Å². The average molecular weight is 468 g/mol. The molecule has 0 bridgehead atoms. The molecule has 2 aromatic rings. The maximum atomic E-state index is 3.66. The van der Waals surface area contributed by atoms with Crippen LogP contribution in [0.25, 0.3) is 11.1 Å². The topological polar surface area (TPSA) is 0 Å². The summed E-state index contributed by atoms with van der Waals surface area (Å²) < 4.78 is 0.841. The van der Waals surface area contributed by atoms with Crippen LogP contribution in [0.4, 0.5) is 0 Å². The first kappa shape index (κ1) is 18.1. The fourth-order valence-corrected chi connectivity index (χ4v) is 4.15. The van der Waals surface area contributed by atoms with Crippen molar-refractivity contribution in [3.05, 3.63) is 84.0 Å². The maximum absolute atomic E-state index is 3.66. The van der Waals surface area contributed by atoms with Crippen LogP contribution in [0.15, 0.2) is 72.8 Å². The zero-order valence-corrected chi connectivity index (χ0v) is 18.0. The van der Waals surface area contributed by atoms with E-state index in [0.717, 1.165) is 20.7 Å². The van der Waals surface area contributed by atoms with Crippen LogP contribution in [0.5, 0.6) is 0 Å². The molecule has 1 heteroatoms.